The van der Waals surface area contributed by atoms with E-state index in [1.54, 1.807) is 0 Å². The number of halogens is 1. The number of anilines is 1. The van der Waals surface area contributed by atoms with Crippen molar-refractivity contribution in [2.75, 3.05) is 11.9 Å². The SMILES string of the molecule is CCOC1CC(Nc2ccc(C)c(Br)c2)C1(C)CC. The molecule has 2 rings (SSSR count). The molecule has 0 aliphatic heterocycles. The van der Waals surface area contributed by atoms with Gasteiger partial charge in [-0.1, -0.05) is 35.8 Å². The van der Waals surface area contributed by atoms with Gasteiger partial charge < -0.3 is 10.1 Å². The van der Waals surface area contributed by atoms with Crippen molar-refractivity contribution in [3.8, 4) is 0 Å². The standard InChI is InChI=1S/C16H24BrNO/c1-5-16(4)14(10-15(16)19-6-2)18-12-8-7-11(3)13(17)9-12/h7-9,14-15,18H,5-6,10H2,1-4H3. The van der Waals surface area contributed by atoms with E-state index in [1.807, 2.05) is 0 Å². The fraction of sp³-hybridized carbons (Fsp3) is 0.625. The van der Waals surface area contributed by atoms with E-state index in [0.717, 1.165) is 23.9 Å². The highest BCUT2D eigenvalue weighted by Crippen LogP contribution is 2.47. The third-order valence-electron chi connectivity index (χ3n) is 4.62. The van der Waals surface area contributed by atoms with Crippen molar-refractivity contribution >= 4 is 21.6 Å². The van der Waals surface area contributed by atoms with Crippen LogP contribution < -0.4 is 5.32 Å². The van der Waals surface area contributed by atoms with Crippen molar-refractivity contribution in [1.82, 2.24) is 0 Å². The topological polar surface area (TPSA) is 21.3 Å². The summed E-state index contributed by atoms with van der Waals surface area (Å²) < 4.78 is 7.01. The molecule has 1 saturated carbocycles. The lowest BCUT2D eigenvalue weighted by Crippen LogP contribution is -2.59. The molecule has 106 valence electrons. The van der Waals surface area contributed by atoms with E-state index in [0.29, 0.717) is 12.1 Å². The minimum absolute atomic E-state index is 0.243. The highest BCUT2D eigenvalue weighted by Gasteiger charge is 2.51. The Balaban J connectivity index is 2.05. The Morgan fingerprint density at radius 3 is 2.74 bits per heavy atom. The summed E-state index contributed by atoms with van der Waals surface area (Å²) in [6, 6.07) is 6.97. The Morgan fingerprint density at radius 1 is 1.42 bits per heavy atom. The number of aryl methyl sites for hydroxylation is 1. The van der Waals surface area contributed by atoms with Gasteiger partial charge in [0.05, 0.1) is 6.10 Å². The van der Waals surface area contributed by atoms with Crippen molar-refractivity contribution in [3.05, 3.63) is 28.2 Å². The van der Waals surface area contributed by atoms with Crippen LogP contribution in [0.25, 0.3) is 0 Å². The highest BCUT2D eigenvalue weighted by atomic mass is 79.9. The van der Waals surface area contributed by atoms with E-state index in [-0.39, 0.29) is 5.41 Å². The lowest BCUT2D eigenvalue weighted by atomic mass is 9.61. The molecule has 19 heavy (non-hydrogen) atoms. The number of ether oxygens (including phenoxy) is 1. The van der Waals surface area contributed by atoms with E-state index in [4.69, 9.17) is 4.74 Å². The minimum Gasteiger partial charge on any atom is -0.382 e. The molecular weight excluding hydrogens is 302 g/mol. The Hall–Kier alpha value is -0.540. The Labute approximate surface area is 125 Å². The van der Waals surface area contributed by atoms with Gasteiger partial charge in [0.25, 0.3) is 0 Å². The number of nitrogens with one attached hydrogen (secondary N) is 1. The van der Waals surface area contributed by atoms with Gasteiger partial charge in [-0.15, -0.1) is 0 Å². The maximum atomic E-state index is 5.85. The molecule has 0 heterocycles. The summed E-state index contributed by atoms with van der Waals surface area (Å²) in [5.74, 6) is 0. The first-order valence-electron chi connectivity index (χ1n) is 7.15. The van der Waals surface area contributed by atoms with Gasteiger partial charge in [-0.05, 0) is 44.4 Å². The minimum atomic E-state index is 0.243. The smallest absolute Gasteiger partial charge is 0.0667 e. The summed E-state index contributed by atoms with van der Waals surface area (Å²) in [4.78, 5) is 0. The van der Waals surface area contributed by atoms with E-state index in [2.05, 4.69) is 67.1 Å². The average Bonchev–Trinajstić information content (AvgIpc) is 2.40. The maximum absolute atomic E-state index is 5.85. The van der Waals surface area contributed by atoms with Gasteiger partial charge in [0.2, 0.25) is 0 Å². The molecule has 1 aliphatic carbocycles. The summed E-state index contributed by atoms with van der Waals surface area (Å²) in [6.45, 7) is 9.58. The third kappa shape index (κ3) is 2.82. The second kappa shape index (κ2) is 5.84. The van der Waals surface area contributed by atoms with Gasteiger partial charge in [0.1, 0.15) is 0 Å². The Morgan fingerprint density at radius 2 is 2.16 bits per heavy atom. The predicted molar refractivity (Wildman–Crippen MR) is 84.7 cm³/mol. The van der Waals surface area contributed by atoms with Crippen molar-refractivity contribution in [2.45, 2.75) is 52.7 Å². The molecule has 0 amide bonds. The molecule has 1 N–H and O–H groups in total. The van der Waals surface area contributed by atoms with Gasteiger partial charge in [-0.25, -0.2) is 0 Å². The maximum Gasteiger partial charge on any atom is 0.0667 e. The molecular formula is C16H24BrNO. The summed E-state index contributed by atoms with van der Waals surface area (Å²) >= 11 is 3.59. The van der Waals surface area contributed by atoms with Gasteiger partial charge in [0, 0.05) is 28.2 Å². The molecule has 2 nitrogen and oxygen atoms in total. The molecule has 0 bridgehead atoms. The van der Waals surface area contributed by atoms with Crippen molar-refractivity contribution in [2.24, 2.45) is 5.41 Å². The van der Waals surface area contributed by atoms with Crippen LogP contribution in [-0.4, -0.2) is 18.8 Å². The van der Waals surface area contributed by atoms with Crippen LogP contribution in [0.2, 0.25) is 0 Å². The lowest BCUT2D eigenvalue weighted by molar-refractivity contribution is -0.109. The number of benzene rings is 1. The first kappa shape index (κ1) is 14.9. The van der Waals surface area contributed by atoms with Gasteiger partial charge >= 0.3 is 0 Å². The normalized spacial score (nSPS) is 29.9. The summed E-state index contributed by atoms with van der Waals surface area (Å²) in [5.41, 5.74) is 2.70. The van der Waals surface area contributed by atoms with E-state index < -0.39 is 0 Å². The van der Waals surface area contributed by atoms with Crippen LogP contribution in [0.15, 0.2) is 22.7 Å². The van der Waals surface area contributed by atoms with Gasteiger partial charge in [0.15, 0.2) is 0 Å². The molecule has 3 heteroatoms. The molecule has 3 unspecified atom stereocenters. The average molecular weight is 326 g/mol. The van der Waals surface area contributed by atoms with Crippen LogP contribution in [0.5, 0.6) is 0 Å². The number of hydrogen-bond donors (Lipinski definition) is 1. The first-order chi connectivity index (χ1) is 9.01. The first-order valence-corrected chi connectivity index (χ1v) is 7.94. The zero-order chi connectivity index (χ0) is 14.0. The fourth-order valence-corrected chi connectivity index (χ4v) is 3.24. The van der Waals surface area contributed by atoms with E-state index >= 15 is 0 Å². The van der Waals surface area contributed by atoms with Gasteiger partial charge in [-0.2, -0.15) is 0 Å². The summed E-state index contributed by atoms with van der Waals surface area (Å²) in [7, 11) is 0. The molecule has 1 aliphatic rings. The largest absolute Gasteiger partial charge is 0.382 e. The Bertz CT molecular complexity index is 448. The monoisotopic (exact) mass is 325 g/mol. The number of rotatable bonds is 5. The fourth-order valence-electron chi connectivity index (χ4n) is 2.86. The number of hydrogen-bond acceptors (Lipinski definition) is 2. The van der Waals surface area contributed by atoms with Crippen molar-refractivity contribution in [3.63, 3.8) is 0 Å². The lowest BCUT2D eigenvalue weighted by Gasteiger charge is -2.54. The highest BCUT2D eigenvalue weighted by molar-refractivity contribution is 9.10. The van der Waals surface area contributed by atoms with Crippen LogP contribution in [0.1, 0.15) is 39.2 Å². The third-order valence-corrected chi connectivity index (χ3v) is 5.48. The summed E-state index contributed by atoms with van der Waals surface area (Å²) in [6.07, 6.45) is 2.64. The zero-order valence-corrected chi connectivity index (χ0v) is 13.9. The summed E-state index contributed by atoms with van der Waals surface area (Å²) in [5, 5.41) is 3.67. The molecule has 1 aromatic rings. The molecule has 0 saturated heterocycles. The predicted octanol–water partition coefficient (Wildman–Crippen LogP) is 4.76. The van der Waals surface area contributed by atoms with E-state index in [9.17, 15) is 0 Å². The molecule has 0 spiro atoms. The molecule has 1 fully saturated rings. The van der Waals surface area contributed by atoms with E-state index in [1.165, 1.54) is 11.3 Å². The van der Waals surface area contributed by atoms with Crippen LogP contribution in [-0.2, 0) is 4.74 Å². The molecule has 3 atom stereocenters. The van der Waals surface area contributed by atoms with Crippen LogP contribution in [0, 0.1) is 12.3 Å². The van der Waals surface area contributed by atoms with Crippen LogP contribution in [0.4, 0.5) is 5.69 Å². The van der Waals surface area contributed by atoms with Crippen molar-refractivity contribution in [1.29, 1.82) is 0 Å². The van der Waals surface area contributed by atoms with Crippen molar-refractivity contribution < 1.29 is 4.74 Å². The van der Waals surface area contributed by atoms with Crippen LogP contribution in [0.3, 0.4) is 0 Å². The second-order valence-corrected chi connectivity index (χ2v) is 6.55. The zero-order valence-electron chi connectivity index (χ0n) is 12.3. The quantitative estimate of drug-likeness (QED) is 0.842. The van der Waals surface area contributed by atoms with Gasteiger partial charge in [-0.3, -0.25) is 0 Å². The molecule has 0 radical (unpaired) electrons. The molecule has 1 aromatic carbocycles. The molecule has 0 aromatic heterocycles. The second-order valence-electron chi connectivity index (χ2n) is 5.70. The van der Waals surface area contributed by atoms with Crippen LogP contribution >= 0.6 is 15.9 Å². The Kier molecular flexibility index (Phi) is 4.57.